The van der Waals surface area contributed by atoms with Crippen molar-refractivity contribution in [3.8, 4) is 0 Å². The van der Waals surface area contributed by atoms with Crippen molar-refractivity contribution in [1.29, 1.82) is 0 Å². The number of carboxylic acids is 1. The first kappa shape index (κ1) is 13.7. The number of carbonyl (C=O) groups is 1. The summed E-state index contributed by atoms with van der Waals surface area (Å²) >= 11 is 3.41. The molecule has 0 fully saturated rings. The van der Waals surface area contributed by atoms with E-state index in [4.69, 9.17) is 0 Å². The van der Waals surface area contributed by atoms with E-state index in [9.17, 15) is 14.3 Å². The van der Waals surface area contributed by atoms with Gasteiger partial charge in [0, 0.05) is 4.47 Å². The van der Waals surface area contributed by atoms with Gasteiger partial charge >= 0.3 is 5.97 Å². The molecule has 1 atom stereocenters. The minimum absolute atomic E-state index is 0.363. The van der Waals surface area contributed by atoms with Crippen LogP contribution in [0.15, 0.2) is 53.0 Å². The predicted octanol–water partition coefficient (Wildman–Crippen LogP) is 4.00. The van der Waals surface area contributed by atoms with E-state index in [2.05, 4.69) is 15.9 Å². The van der Waals surface area contributed by atoms with Crippen molar-refractivity contribution in [1.82, 2.24) is 0 Å². The molecule has 1 N–H and O–H groups in total. The topological polar surface area (TPSA) is 37.3 Å². The maximum atomic E-state index is 12.9. The maximum Gasteiger partial charge on any atom is 0.311 e. The van der Waals surface area contributed by atoms with Gasteiger partial charge in [0.05, 0.1) is 5.92 Å². The number of benzene rings is 2. The zero-order valence-corrected chi connectivity index (χ0v) is 11.6. The van der Waals surface area contributed by atoms with Crippen LogP contribution in [0, 0.1) is 5.82 Å². The molecule has 2 aromatic rings. The Morgan fingerprint density at radius 2 is 1.79 bits per heavy atom. The molecular formula is C15H12BrFO2. The minimum Gasteiger partial charge on any atom is -0.481 e. The fraction of sp³-hybridized carbons (Fsp3) is 0.133. The van der Waals surface area contributed by atoms with Gasteiger partial charge in [-0.1, -0.05) is 46.3 Å². The number of aliphatic carboxylic acids is 1. The van der Waals surface area contributed by atoms with E-state index in [0.717, 1.165) is 10.0 Å². The minimum atomic E-state index is -0.914. The summed E-state index contributed by atoms with van der Waals surface area (Å²) in [4.78, 5) is 11.4. The van der Waals surface area contributed by atoms with Crippen LogP contribution in [-0.4, -0.2) is 11.1 Å². The molecule has 0 spiro atoms. The molecule has 1 unspecified atom stereocenters. The largest absolute Gasteiger partial charge is 0.481 e. The molecule has 0 aromatic heterocycles. The summed E-state index contributed by atoms with van der Waals surface area (Å²) < 4.78 is 13.8. The third-order valence-electron chi connectivity index (χ3n) is 2.95. The number of hydrogen-bond donors (Lipinski definition) is 1. The molecule has 0 heterocycles. The summed E-state index contributed by atoms with van der Waals surface area (Å²) in [6.07, 6.45) is 0.363. The standard InChI is InChI=1S/C15H12BrFO2/c16-14-4-2-1-3-11(14)9-13(15(18)19)10-5-7-12(17)8-6-10/h1-8,13H,9H2,(H,18,19). The Hall–Kier alpha value is -1.68. The van der Waals surface area contributed by atoms with E-state index in [1.807, 2.05) is 24.3 Å². The first-order valence-corrected chi connectivity index (χ1v) is 6.59. The second-order valence-corrected chi connectivity index (χ2v) is 5.09. The van der Waals surface area contributed by atoms with Crippen molar-refractivity contribution in [2.75, 3.05) is 0 Å². The Bertz CT molecular complexity index is 581. The lowest BCUT2D eigenvalue weighted by molar-refractivity contribution is -0.138. The van der Waals surface area contributed by atoms with Gasteiger partial charge in [0.25, 0.3) is 0 Å². The van der Waals surface area contributed by atoms with Gasteiger partial charge in [0.2, 0.25) is 0 Å². The Morgan fingerprint density at radius 3 is 2.37 bits per heavy atom. The molecule has 4 heteroatoms. The molecule has 0 saturated heterocycles. The molecule has 2 aromatic carbocycles. The second-order valence-electron chi connectivity index (χ2n) is 4.24. The highest BCUT2D eigenvalue weighted by Gasteiger charge is 2.21. The smallest absolute Gasteiger partial charge is 0.311 e. The van der Waals surface area contributed by atoms with E-state index in [-0.39, 0.29) is 5.82 Å². The number of rotatable bonds is 4. The van der Waals surface area contributed by atoms with Crippen LogP contribution in [0.3, 0.4) is 0 Å². The molecule has 2 nitrogen and oxygen atoms in total. The number of hydrogen-bond acceptors (Lipinski definition) is 1. The third-order valence-corrected chi connectivity index (χ3v) is 3.73. The van der Waals surface area contributed by atoms with E-state index in [1.165, 1.54) is 24.3 Å². The van der Waals surface area contributed by atoms with Gasteiger partial charge in [-0.25, -0.2) is 4.39 Å². The van der Waals surface area contributed by atoms with Crippen molar-refractivity contribution in [2.45, 2.75) is 12.3 Å². The van der Waals surface area contributed by atoms with E-state index >= 15 is 0 Å². The lowest BCUT2D eigenvalue weighted by Gasteiger charge is -2.14. The van der Waals surface area contributed by atoms with Gasteiger partial charge in [0.15, 0.2) is 0 Å². The monoisotopic (exact) mass is 322 g/mol. The van der Waals surface area contributed by atoms with Crippen molar-refractivity contribution in [3.63, 3.8) is 0 Å². The van der Waals surface area contributed by atoms with Gasteiger partial charge in [-0.2, -0.15) is 0 Å². The van der Waals surface area contributed by atoms with Crippen molar-refractivity contribution < 1.29 is 14.3 Å². The van der Waals surface area contributed by atoms with Crippen LogP contribution in [0.2, 0.25) is 0 Å². The first-order valence-electron chi connectivity index (χ1n) is 5.79. The summed E-state index contributed by atoms with van der Waals surface area (Å²) in [6.45, 7) is 0. The lowest BCUT2D eigenvalue weighted by atomic mass is 9.92. The molecule has 0 aliphatic heterocycles. The van der Waals surface area contributed by atoms with Crippen LogP contribution in [-0.2, 0) is 11.2 Å². The molecule has 0 saturated carbocycles. The van der Waals surface area contributed by atoms with Crippen LogP contribution in [0.1, 0.15) is 17.0 Å². The molecule has 0 radical (unpaired) electrons. The Kier molecular flexibility index (Phi) is 4.32. The average Bonchev–Trinajstić information content (AvgIpc) is 2.39. The van der Waals surface area contributed by atoms with Crippen molar-refractivity contribution in [3.05, 3.63) is 69.9 Å². The van der Waals surface area contributed by atoms with Crippen LogP contribution in [0.5, 0.6) is 0 Å². The number of halogens is 2. The molecule has 0 bridgehead atoms. The van der Waals surface area contributed by atoms with Gasteiger partial charge in [-0.15, -0.1) is 0 Å². The number of carboxylic acid groups (broad SMARTS) is 1. The Labute approximate surface area is 119 Å². The summed E-state index contributed by atoms with van der Waals surface area (Å²) in [7, 11) is 0. The highest BCUT2D eigenvalue weighted by Crippen LogP contribution is 2.26. The maximum absolute atomic E-state index is 12.9. The molecular weight excluding hydrogens is 311 g/mol. The van der Waals surface area contributed by atoms with Crippen LogP contribution >= 0.6 is 15.9 Å². The lowest BCUT2D eigenvalue weighted by Crippen LogP contribution is -2.14. The van der Waals surface area contributed by atoms with Gasteiger partial charge < -0.3 is 5.11 Å². The highest BCUT2D eigenvalue weighted by molar-refractivity contribution is 9.10. The van der Waals surface area contributed by atoms with Crippen molar-refractivity contribution in [2.24, 2.45) is 0 Å². The van der Waals surface area contributed by atoms with Gasteiger partial charge in [-0.05, 0) is 35.7 Å². The van der Waals surface area contributed by atoms with Crippen molar-refractivity contribution >= 4 is 21.9 Å². The Balaban J connectivity index is 2.29. The molecule has 0 aliphatic rings. The quantitative estimate of drug-likeness (QED) is 0.923. The molecule has 0 amide bonds. The summed E-state index contributed by atoms with van der Waals surface area (Å²) in [5.74, 6) is -1.96. The van der Waals surface area contributed by atoms with E-state index < -0.39 is 11.9 Å². The van der Waals surface area contributed by atoms with Crippen LogP contribution in [0.25, 0.3) is 0 Å². The van der Waals surface area contributed by atoms with E-state index in [0.29, 0.717) is 12.0 Å². The molecule has 19 heavy (non-hydrogen) atoms. The fourth-order valence-corrected chi connectivity index (χ4v) is 2.37. The highest BCUT2D eigenvalue weighted by atomic mass is 79.9. The van der Waals surface area contributed by atoms with Gasteiger partial charge in [0.1, 0.15) is 5.82 Å². The van der Waals surface area contributed by atoms with Crippen LogP contribution in [0.4, 0.5) is 4.39 Å². The molecule has 2 rings (SSSR count). The average molecular weight is 323 g/mol. The second kappa shape index (κ2) is 5.97. The summed E-state index contributed by atoms with van der Waals surface area (Å²) in [5, 5.41) is 9.34. The first-order chi connectivity index (χ1) is 9.08. The normalized spacial score (nSPS) is 12.1. The Morgan fingerprint density at radius 1 is 1.16 bits per heavy atom. The zero-order valence-electron chi connectivity index (χ0n) is 10.0. The fourth-order valence-electron chi connectivity index (χ4n) is 1.93. The molecule has 0 aliphatic carbocycles. The summed E-state index contributed by atoms with van der Waals surface area (Å²) in [6, 6.07) is 13.1. The third kappa shape index (κ3) is 3.41. The summed E-state index contributed by atoms with van der Waals surface area (Å²) in [5.41, 5.74) is 1.52. The molecule has 98 valence electrons. The van der Waals surface area contributed by atoms with Gasteiger partial charge in [-0.3, -0.25) is 4.79 Å². The van der Waals surface area contributed by atoms with Crippen LogP contribution < -0.4 is 0 Å². The van der Waals surface area contributed by atoms with E-state index in [1.54, 1.807) is 0 Å². The predicted molar refractivity (Wildman–Crippen MR) is 74.6 cm³/mol. The SMILES string of the molecule is O=C(O)C(Cc1ccccc1Br)c1ccc(F)cc1. The zero-order chi connectivity index (χ0) is 13.8.